The first kappa shape index (κ1) is 23.7. The zero-order valence-corrected chi connectivity index (χ0v) is 21.4. The third-order valence-corrected chi connectivity index (χ3v) is 8.01. The summed E-state index contributed by atoms with van der Waals surface area (Å²) in [6.45, 7) is 4.17. The minimum Gasteiger partial charge on any atom is -0.497 e. The largest absolute Gasteiger partial charge is 0.497 e. The topological polar surface area (TPSA) is 30.9 Å². The smallest absolute Gasteiger partial charge is 0.120 e. The summed E-state index contributed by atoms with van der Waals surface area (Å²) in [6, 6.07) is 23.3. The summed E-state index contributed by atoms with van der Waals surface area (Å²) in [6.07, 6.45) is 4.85. The van der Waals surface area contributed by atoms with E-state index in [9.17, 15) is 0 Å². The van der Waals surface area contributed by atoms with E-state index < -0.39 is 0 Å². The Morgan fingerprint density at radius 2 is 1.54 bits per heavy atom. The van der Waals surface area contributed by atoms with Gasteiger partial charge in [-0.1, -0.05) is 30.7 Å². The van der Waals surface area contributed by atoms with E-state index in [1.165, 1.54) is 64.0 Å². The lowest BCUT2D eigenvalue weighted by Crippen LogP contribution is -2.33. The fourth-order valence-electron chi connectivity index (χ4n) is 4.81. The molecule has 0 amide bonds. The molecule has 1 aliphatic heterocycles. The summed E-state index contributed by atoms with van der Waals surface area (Å²) < 4.78 is 18.3. The summed E-state index contributed by atoms with van der Waals surface area (Å²) in [7, 11) is 3.43. The van der Waals surface area contributed by atoms with Gasteiger partial charge in [0.15, 0.2) is 0 Å². The highest BCUT2D eigenvalue weighted by atomic mass is 32.1. The number of piperidine rings is 1. The number of thiophene rings is 1. The number of benzene rings is 3. The standard InChI is InChI=1S/C30H33NO3S/c1-32-25-8-6-7-23(20-25)30-28(27-14-13-26(33-2)21-29(27)35-30)19-22-9-11-24(12-10-22)34-18-17-31-15-4-3-5-16-31/h6-14,20-21H,3-5,15-19H2,1-2H3. The Morgan fingerprint density at radius 3 is 2.31 bits per heavy atom. The van der Waals surface area contributed by atoms with Crippen molar-refractivity contribution in [3.63, 3.8) is 0 Å². The maximum atomic E-state index is 6.05. The average molecular weight is 488 g/mol. The molecule has 4 nitrogen and oxygen atoms in total. The van der Waals surface area contributed by atoms with Crippen molar-refractivity contribution in [3.8, 4) is 27.7 Å². The van der Waals surface area contributed by atoms with Gasteiger partial charge in [-0.3, -0.25) is 4.90 Å². The van der Waals surface area contributed by atoms with Crippen molar-refractivity contribution in [1.29, 1.82) is 0 Å². The molecule has 0 unspecified atom stereocenters. The fraction of sp³-hybridized carbons (Fsp3) is 0.333. The van der Waals surface area contributed by atoms with Gasteiger partial charge in [-0.25, -0.2) is 0 Å². The van der Waals surface area contributed by atoms with Gasteiger partial charge in [0.1, 0.15) is 23.9 Å². The lowest BCUT2D eigenvalue weighted by atomic mass is 9.98. The maximum absolute atomic E-state index is 6.05. The molecular formula is C30H33NO3S. The number of methoxy groups -OCH3 is 2. The maximum Gasteiger partial charge on any atom is 0.120 e. The van der Waals surface area contributed by atoms with Gasteiger partial charge < -0.3 is 14.2 Å². The van der Waals surface area contributed by atoms with Crippen LogP contribution in [-0.4, -0.2) is 45.4 Å². The third kappa shape index (κ3) is 5.63. The Morgan fingerprint density at radius 1 is 0.800 bits per heavy atom. The minimum atomic E-state index is 0.746. The highest BCUT2D eigenvalue weighted by Crippen LogP contribution is 2.42. The summed E-state index contributed by atoms with van der Waals surface area (Å²) in [4.78, 5) is 3.78. The van der Waals surface area contributed by atoms with Crippen LogP contribution >= 0.6 is 11.3 Å². The van der Waals surface area contributed by atoms with Gasteiger partial charge in [-0.2, -0.15) is 0 Å². The third-order valence-electron chi connectivity index (χ3n) is 6.76. The molecule has 0 spiro atoms. The van der Waals surface area contributed by atoms with Crippen LogP contribution in [0.2, 0.25) is 0 Å². The Labute approximate surface area is 212 Å². The second-order valence-corrected chi connectivity index (χ2v) is 10.1. The molecule has 2 heterocycles. The lowest BCUT2D eigenvalue weighted by molar-refractivity contribution is 0.183. The van der Waals surface area contributed by atoms with Crippen molar-refractivity contribution < 1.29 is 14.2 Å². The number of hydrogen-bond acceptors (Lipinski definition) is 5. The van der Waals surface area contributed by atoms with Gasteiger partial charge in [0, 0.05) is 16.1 Å². The lowest BCUT2D eigenvalue weighted by Gasteiger charge is -2.26. The highest BCUT2D eigenvalue weighted by Gasteiger charge is 2.16. The second-order valence-electron chi connectivity index (χ2n) is 9.08. The van der Waals surface area contributed by atoms with Crippen molar-refractivity contribution in [3.05, 3.63) is 77.9 Å². The molecule has 1 aromatic heterocycles. The molecule has 3 aromatic carbocycles. The SMILES string of the molecule is COc1cccc(-c2sc3cc(OC)ccc3c2Cc2ccc(OCCN3CCCCC3)cc2)c1. The van der Waals surface area contributed by atoms with Crippen LogP contribution in [0.25, 0.3) is 20.5 Å². The molecule has 1 saturated heterocycles. The van der Waals surface area contributed by atoms with Crippen molar-refractivity contribution in [2.24, 2.45) is 0 Å². The molecule has 35 heavy (non-hydrogen) atoms. The molecule has 4 aromatic rings. The molecular weight excluding hydrogens is 454 g/mol. The van der Waals surface area contributed by atoms with Crippen LogP contribution in [0.4, 0.5) is 0 Å². The van der Waals surface area contributed by atoms with Crippen LogP contribution in [0.15, 0.2) is 66.7 Å². The Kier molecular flexibility index (Phi) is 7.55. The number of likely N-dealkylation sites (tertiary alicyclic amines) is 1. The van der Waals surface area contributed by atoms with Gasteiger partial charge in [-0.15, -0.1) is 11.3 Å². The van der Waals surface area contributed by atoms with Crippen LogP contribution in [-0.2, 0) is 6.42 Å². The van der Waals surface area contributed by atoms with E-state index in [0.717, 1.165) is 36.8 Å². The monoisotopic (exact) mass is 487 g/mol. The van der Waals surface area contributed by atoms with Gasteiger partial charge >= 0.3 is 0 Å². The van der Waals surface area contributed by atoms with Gasteiger partial charge in [0.2, 0.25) is 0 Å². The van der Waals surface area contributed by atoms with E-state index in [1.807, 2.05) is 23.5 Å². The molecule has 1 fully saturated rings. The first-order valence-corrected chi connectivity index (χ1v) is 13.2. The number of nitrogens with zero attached hydrogens (tertiary/aromatic N) is 1. The van der Waals surface area contributed by atoms with Crippen molar-refractivity contribution in [2.45, 2.75) is 25.7 Å². The Hall–Kier alpha value is -3.02. The zero-order valence-electron chi connectivity index (χ0n) is 20.6. The van der Waals surface area contributed by atoms with Crippen LogP contribution in [0.1, 0.15) is 30.4 Å². The first-order chi connectivity index (χ1) is 17.2. The summed E-state index contributed by atoms with van der Waals surface area (Å²) in [5.74, 6) is 2.70. The van der Waals surface area contributed by atoms with Crippen LogP contribution in [0.5, 0.6) is 17.2 Å². The number of rotatable bonds is 9. The molecule has 182 valence electrons. The van der Waals surface area contributed by atoms with Crippen molar-refractivity contribution >= 4 is 21.4 Å². The second kappa shape index (κ2) is 11.1. The Balaban J connectivity index is 1.36. The van der Waals surface area contributed by atoms with Crippen molar-refractivity contribution in [2.75, 3.05) is 40.5 Å². The molecule has 5 heteroatoms. The molecule has 0 aliphatic carbocycles. The zero-order chi connectivity index (χ0) is 24.0. The molecule has 0 saturated carbocycles. The molecule has 0 radical (unpaired) electrons. The van der Waals surface area contributed by atoms with E-state index in [4.69, 9.17) is 14.2 Å². The average Bonchev–Trinajstić information content (AvgIpc) is 3.27. The van der Waals surface area contributed by atoms with Crippen LogP contribution in [0, 0.1) is 0 Å². The molecule has 0 bridgehead atoms. The number of fused-ring (bicyclic) bond motifs is 1. The molecule has 5 rings (SSSR count). The van der Waals surface area contributed by atoms with E-state index >= 15 is 0 Å². The number of ether oxygens (including phenoxy) is 3. The fourth-order valence-corrected chi connectivity index (χ4v) is 6.06. The highest BCUT2D eigenvalue weighted by molar-refractivity contribution is 7.22. The van der Waals surface area contributed by atoms with E-state index in [1.54, 1.807) is 14.2 Å². The molecule has 1 aliphatic rings. The summed E-state index contributed by atoms with van der Waals surface area (Å²) in [5, 5.41) is 1.27. The molecule has 0 atom stereocenters. The summed E-state index contributed by atoms with van der Waals surface area (Å²) >= 11 is 1.81. The van der Waals surface area contributed by atoms with Gasteiger partial charge in [-0.05, 0) is 96.9 Å². The minimum absolute atomic E-state index is 0.746. The predicted octanol–water partition coefficient (Wildman–Crippen LogP) is 7.04. The van der Waals surface area contributed by atoms with E-state index in [0.29, 0.717) is 0 Å². The van der Waals surface area contributed by atoms with E-state index in [2.05, 4.69) is 59.5 Å². The Bertz CT molecular complexity index is 1260. The summed E-state index contributed by atoms with van der Waals surface area (Å²) in [5.41, 5.74) is 3.78. The first-order valence-electron chi connectivity index (χ1n) is 12.4. The van der Waals surface area contributed by atoms with Gasteiger partial charge in [0.05, 0.1) is 14.2 Å². The quantitative estimate of drug-likeness (QED) is 0.253. The normalized spacial score (nSPS) is 14.2. The van der Waals surface area contributed by atoms with Gasteiger partial charge in [0.25, 0.3) is 0 Å². The van der Waals surface area contributed by atoms with E-state index in [-0.39, 0.29) is 0 Å². The number of hydrogen-bond donors (Lipinski definition) is 0. The van der Waals surface area contributed by atoms with Crippen molar-refractivity contribution in [1.82, 2.24) is 4.90 Å². The predicted molar refractivity (Wildman–Crippen MR) is 145 cm³/mol. The molecule has 0 N–H and O–H groups in total. The van der Waals surface area contributed by atoms with Crippen LogP contribution < -0.4 is 14.2 Å². The van der Waals surface area contributed by atoms with Crippen LogP contribution in [0.3, 0.4) is 0 Å².